The number of nitrogens with zero attached hydrogens (tertiary/aromatic N) is 2. The molecule has 0 bridgehead atoms. The van der Waals surface area contributed by atoms with Gasteiger partial charge in [0.05, 0.1) is 12.1 Å². The van der Waals surface area contributed by atoms with Gasteiger partial charge in [0.2, 0.25) is 5.91 Å². The van der Waals surface area contributed by atoms with Crippen molar-refractivity contribution in [3.8, 4) is 5.75 Å². The van der Waals surface area contributed by atoms with Gasteiger partial charge in [0.25, 0.3) is 0 Å². The minimum Gasteiger partial charge on any atom is -0.486 e. The minimum absolute atomic E-state index is 0.208. The summed E-state index contributed by atoms with van der Waals surface area (Å²) in [6.07, 6.45) is 2.64. The molecular weight excluding hydrogens is 358 g/mol. The van der Waals surface area contributed by atoms with Crippen LogP contribution in [0.15, 0.2) is 29.6 Å². The lowest BCUT2D eigenvalue weighted by Crippen LogP contribution is -2.34. The molecule has 2 fully saturated rings. The number of rotatable bonds is 5. The molecule has 2 saturated heterocycles. The van der Waals surface area contributed by atoms with Gasteiger partial charge in [0, 0.05) is 18.5 Å². The zero-order valence-electron chi connectivity index (χ0n) is 15.8. The highest BCUT2D eigenvalue weighted by Crippen LogP contribution is 2.27. The molecule has 2 aliphatic rings. The third kappa shape index (κ3) is 4.68. The number of likely N-dealkylation sites (tertiary alicyclic amines) is 1. The van der Waals surface area contributed by atoms with Gasteiger partial charge in [0.1, 0.15) is 17.4 Å². The molecule has 0 unspecified atom stereocenters. The Hall–Kier alpha value is -1.92. The van der Waals surface area contributed by atoms with E-state index in [-0.39, 0.29) is 5.91 Å². The van der Waals surface area contributed by atoms with Gasteiger partial charge < -0.3 is 15.0 Å². The van der Waals surface area contributed by atoms with Gasteiger partial charge in [-0.05, 0) is 56.8 Å². The van der Waals surface area contributed by atoms with Crippen molar-refractivity contribution < 1.29 is 9.53 Å². The summed E-state index contributed by atoms with van der Waals surface area (Å²) in [5, 5.41) is 6.38. The van der Waals surface area contributed by atoms with Crippen LogP contribution in [-0.4, -0.2) is 42.0 Å². The Morgan fingerprint density at radius 3 is 2.63 bits per heavy atom. The van der Waals surface area contributed by atoms with Gasteiger partial charge in [-0.15, -0.1) is 11.3 Å². The average molecular weight is 386 g/mol. The number of carbonyl (C=O) groups excluding carboxylic acids is 1. The molecule has 1 amide bonds. The van der Waals surface area contributed by atoms with Crippen molar-refractivity contribution in [1.29, 1.82) is 0 Å². The lowest BCUT2D eigenvalue weighted by molar-refractivity contribution is -0.130. The van der Waals surface area contributed by atoms with Crippen molar-refractivity contribution in [2.45, 2.75) is 32.8 Å². The molecule has 5 nitrogen and oxygen atoms in total. The second-order valence-corrected chi connectivity index (χ2v) is 8.59. The van der Waals surface area contributed by atoms with Crippen LogP contribution < -0.4 is 10.1 Å². The molecule has 2 aliphatic heterocycles. The quantitative estimate of drug-likeness (QED) is 0.860. The summed E-state index contributed by atoms with van der Waals surface area (Å²) < 4.78 is 5.79. The van der Waals surface area contributed by atoms with E-state index in [4.69, 9.17) is 4.74 Å². The zero-order chi connectivity index (χ0) is 18.6. The van der Waals surface area contributed by atoms with Crippen LogP contribution in [0, 0.1) is 18.8 Å². The Balaban J connectivity index is 1.28. The first-order valence-corrected chi connectivity index (χ1v) is 10.7. The number of fused-ring (bicyclic) bond motifs is 1. The molecule has 1 N–H and O–H groups in total. The van der Waals surface area contributed by atoms with Gasteiger partial charge in [-0.1, -0.05) is 17.7 Å². The van der Waals surface area contributed by atoms with Crippen molar-refractivity contribution in [1.82, 2.24) is 15.2 Å². The molecule has 2 atom stereocenters. The average Bonchev–Trinajstić information content (AvgIpc) is 3.26. The van der Waals surface area contributed by atoms with Crippen LogP contribution in [0.2, 0.25) is 0 Å². The highest BCUT2D eigenvalue weighted by molar-refractivity contribution is 7.09. The van der Waals surface area contributed by atoms with Crippen LogP contribution in [0.25, 0.3) is 0 Å². The predicted octanol–water partition coefficient (Wildman–Crippen LogP) is 3.03. The van der Waals surface area contributed by atoms with E-state index in [1.165, 1.54) is 5.56 Å². The maximum absolute atomic E-state index is 12.7. The zero-order valence-corrected chi connectivity index (χ0v) is 16.6. The highest BCUT2D eigenvalue weighted by Gasteiger charge is 2.31. The Morgan fingerprint density at radius 1 is 1.22 bits per heavy atom. The lowest BCUT2D eigenvalue weighted by Gasteiger charge is -2.20. The first kappa shape index (κ1) is 18.4. The van der Waals surface area contributed by atoms with E-state index in [0.717, 1.165) is 67.3 Å². The van der Waals surface area contributed by atoms with Crippen LogP contribution in [0.1, 0.15) is 29.1 Å². The van der Waals surface area contributed by atoms with Crippen molar-refractivity contribution >= 4 is 17.2 Å². The first-order valence-electron chi connectivity index (χ1n) is 9.78. The van der Waals surface area contributed by atoms with Crippen LogP contribution in [0.4, 0.5) is 0 Å². The molecule has 144 valence electrons. The number of hydrogen-bond donors (Lipinski definition) is 1. The molecule has 1 aromatic heterocycles. The molecule has 0 saturated carbocycles. The smallest absolute Gasteiger partial charge is 0.228 e. The number of benzene rings is 1. The molecule has 0 radical (unpaired) electrons. The number of ether oxygens (including phenoxy) is 1. The van der Waals surface area contributed by atoms with Crippen molar-refractivity contribution in [3.63, 3.8) is 0 Å². The highest BCUT2D eigenvalue weighted by atomic mass is 32.1. The topological polar surface area (TPSA) is 54.5 Å². The third-order valence-corrected chi connectivity index (χ3v) is 6.56. The third-order valence-electron chi connectivity index (χ3n) is 5.69. The Kier molecular flexibility index (Phi) is 5.74. The molecule has 1 aromatic carbocycles. The number of hydrogen-bond acceptors (Lipinski definition) is 5. The molecular formula is C21H27N3O2S. The summed E-state index contributed by atoms with van der Waals surface area (Å²) in [7, 11) is 0. The molecule has 6 heteroatoms. The molecule has 4 rings (SSSR count). The molecule has 2 aromatic rings. The van der Waals surface area contributed by atoms with Gasteiger partial charge in [-0.3, -0.25) is 4.79 Å². The van der Waals surface area contributed by atoms with Crippen molar-refractivity contribution in [2.75, 3.05) is 26.2 Å². The summed E-state index contributed by atoms with van der Waals surface area (Å²) in [5.41, 5.74) is 2.07. The van der Waals surface area contributed by atoms with Gasteiger partial charge in [0.15, 0.2) is 0 Å². The normalized spacial score (nSPS) is 22.3. The summed E-state index contributed by atoms with van der Waals surface area (Å²) >= 11 is 1.56. The van der Waals surface area contributed by atoms with E-state index in [1.807, 2.05) is 34.5 Å². The number of amides is 1. The van der Waals surface area contributed by atoms with E-state index < -0.39 is 0 Å². The number of aryl methyl sites for hydroxylation is 1. The predicted molar refractivity (Wildman–Crippen MR) is 107 cm³/mol. The summed E-state index contributed by atoms with van der Waals surface area (Å²) in [6, 6.07) is 8.01. The van der Waals surface area contributed by atoms with Crippen LogP contribution in [-0.2, 0) is 17.8 Å². The fraction of sp³-hybridized carbons (Fsp3) is 0.524. The fourth-order valence-electron chi connectivity index (χ4n) is 4.01. The van der Waals surface area contributed by atoms with Crippen LogP contribution in [0.3, 0.4) is 0 Å². The van der Waals surface area contributed by atoms with E-state index in [1.54, 1.807) is 11.3 Å². The minimum atomic E-state index is 0.208. The first-order chi connectivity index (χ1) is 13.2. The van der Waals surface area contributed by atoms with Gasteiger partial charge in [-0.2, -0.15) is 0 Å². The van der Waals surface area contributed by atoms with Crippen LogP contribution >= 0.6 is 11.3 Å². The second-order valence-electron chi connectivity index (χ2n) is 7.65. The molecule has 0 spiro atoms. The fourth-order valence-corrected chi connectivity index (χ4v) is 4.72. The molecule has 27 heavy (non-hydrogen) atoms. The largest absolute Gasteiger partial charge is 0.486 e. The molecule has 0 aliphatic carbocycles. The summed E-state index contributed by atoms with van der Waals surface area (Å²) in [4.78, 5) is 19.3. The SMILES string of the molecule is Cc1ccc(OCc2nc(CC(=O)N3CC[C@@H]4CNC[C@@H]4CC3)cs2)cc1. The Bertz CT molecular complexity index is 760. The lowest BCUT2D eigenvalue weighted by atomic mass is 9.92. The standard InChI is InChI=1S/C21H27N3O2S/c1-15-2-4-19(5-3-15)26-13-20-23-18(14-27-20)10-21(25)24-8-6-16-11-22-12-17(16)7-9-24/h2-5,14,16-17,22H,6-13H2,1H3/t16-,17+. The van der Waals surface area contributed by atoms with Crippen molar-refractivity contribution in [2.24, 2.45) is 11.8 Å². The van der Waals surface area contributed by atoms with Gasteiger partial charge in [-0.25, -0.2) is 4.98 Å². The number of carbonyl (C=O) groups is 1. The summed E-state index contributed by atoms with van der Waals surface area (Å²) in [6.45, 7) is 6.50. The second kappa shape index (κ2) is 8.40. The maximum Gasteiger partial charge on any atom is 0.228 e. The summed E-state index contributed by atoms with van der Waals surface area (Å²) in [5.74, 6) is 2.54. The van der Waals surface area contributed by atoms with E-state index in [2.05, 4.69) is 17.2 Å². The maximum atomic E-state index is 12.7. The molecule has 3 heterocycles. The van der Waals surface area contributed by atoms with Crippen molar-refractivity contribution in [3.05, 3.63) is 45.9 Å². The van der Waals surface area contributed by atoms with E-state index in [0.29, 0.717) is 13.0 Å². The van der Waals surface area contributed by atoms with Crippen LogP contribution in [0.5, 0.6) is 5.75 Å². The number of thiazole rings is 1. The Labute approximate surface area is 164 Å². The Morgan fingerprint density at radius 2 is 1.93 bits per heavy atom. The van der Waals surface area contributed by atoms with E-state index >= 15 is 0 Å². The monoisotopic (exact) mass is 385 g/mol. The number of nitrogens with one attached hydrogen (secondary N) is 1. The van der Waals surface area contributed by atoms with Gasteiger partial charge >= 0.3 is 0 Å². The number of aromatic nitrogens is 1. The van der Waals surface area contributed by atoms with E-state index in [9.17, 15) is 4.79 Å².